The van der Waals surface area contributed by atoms with E-state index in [0.29, 0.717) is 13.0 Å². The van der Waals surface area contributed by atoms with E-state index in [2.05, 4.69) is 43.1 Å². The first-order valence-electron chi connectivity index (χ1n) is 9.27. The van der Waals surface area contributed by atoms with Crippen LogP contribution in [0.25, 0.3) is 0 Å². The molecule has 1 aromatic rings. The summed E-state index contributed by atoms with van der Waals surface area (Å²) < 4.78 is 12.0. The lowest BCUT2D eigenvalue weighted by atomic mass is 9.72. The average molecular weight is 365 g/mol. The molecule has 0 radical (unpaired) electrons. The second-order valence-electron chi connectivity index (χ2n) is 8.88. The van der Waals surface area contributed by atoms with Crippen LogP contribution >= 0.6 is 0 Å². The third-order valence-corrected chi connectivity index (χ3v) is 6.93. The van der Waals surface area contributed by atoms with Gasteiger partial charge < -0.3 is 9.47 Å². The van der Waals surface area contributed by atoms with Gasteiger partial charge in [-0.1, -0.05) is 51.1 Å². The fourth-order valence-corrected chi connectivity index (χ4v) is 5.79. The predicted octanol–water partition coefficient (Wildman–Crippen LogP) is 0.935. The second kappa shape index (κ2) is 5.10. The van der Waals surface area contributed by atoms with E-state index in [4.69, 9.17) is 15.2 Å². The number of nitrogens with two attached hydrogens (primary N) is 1. The molecule has 0 bridgehead atoms. The average Bonchev–Trinajstić information content (AvgIpc) is 2.82. The van der Waals surface area contributed by atoms with Gasteiger partial charge in [-0.15, -0.1) is 0 Å². The van der Waals surface area contributed by atoms with Crippen LogP contribution < -0.4 is 10.7 Å². The summed E-state index contributed by atoms with van der Waals surface area (Å²) in [6.07, 6.45) is 0.410. The van der Waals surface area contributed by atoms with Crippen LogP contribution in [0.1, 0.15) is 39.7 Å². The van der Waals surface area contributed by atoms with E-state index in [1.807, 2.05) is 32.0 Å². The molecule has 1 spiro atoms. The van der Waals surface area contributed by atoms with Gasteiger partial charge in [0.1, 0.15) is 0 Å². The SMILES string of the molecule is C[C@H]1CO[C@]2([NH+]=C(N)[C@@]3(C#N)[C@](C)(CC(C)(C)c4ccccc4)[C@@]23C#N)O1. The van der Waals surface area contributed by atoms with E-state index in [1.165, 1.54) is 0 Å². The van der Waals surface area contributed by atoms with Crippen LogP contribution in [0, 0.1) is 38.9 Å². The Kier molecular flexibility index (Phi) is 3.39. The van der Waals surface area contributed by atoms with Gasteiger partial charge in [0, 0.05) is 5.41 Å². The number of nitrogens with one attached hydrogen (secondary N) is 1. The van der Waals surface area contributed by atoms with Gasteiger partial charge in [0.2, 0.25) is 0 Å². The summed E-state index contributed by atoms with van der Waals surface area (Å²) >= 11 is 0. The van der Waals surface area contributed by atoms with Crippen molar-refractivity contribution in [3.63, 3.8) is 0 Å². The lowest BCUT2D eigenvalue weighted by Gasteiger charge is -2.33. The Morgan fingerprint density at radius 2 is 1.93 bits per heavy atom. The van der Waals surface area contributed by atoms with Gasteiger partial charge in [-0.05, 0) is 24.3 Å². The van der Waals surface area contributed by atoms with Crippen LogP contribution in [0.5, 0.6) is 0 Å². The number of ether oxygens (including phenoxy) is 2. The maximum Gasteiger partial charge on any atom is 0.343 e. The highest BCUT2D eigenvalue weighted by Gasteiger charge is 3.03. The predicted molar refractivity (Wildman–Crippen MR) is 97.7 cm³/mol. The quantitative estimate of drug-likeness (QED) is 0.829. The smallest absolute Gasteiger partial charge is 0.311 e. The van der Waals surface area contributed by atoms with Crippen molar-refractivity contribution in [3.05, 3.63) is 35.9 Å². The summed E-state index contributed by atoms with van der Waals surface area (Å²) in [6.45, 7) is 8.47. The molecule has 27 heavy (non-hydrogen) atoms. The zero-order valence-electron chi connectivity index (χ0n) is 16.2. The summed E-state index contributed by atoms with van der Waals surface area (Å²) in [7, 11) is 0. The molecular formula is C21H25N4O2+. The third kappa shape index (κ3) is 1.74. The first-order chi connectivity index (χ1) is 12.7. The minimum atomic E-state index is -1.37. The van der Waals surface area contributed by atoms with Gasteiger partial charge in [0.15, 0.2) is 10.8 Å². The van der Waals surface area contributed by atoms with E-state index in [-0.39, 0.29) is 17.4 Å². The molecule has 6 nitrogen and oxygen atoms in total. The van der Waals surface area contributed by atoms with Crippen LogP contribution in [0.15, 0.2) is 30.3 Å². The van der Waals surface area contributed by atoms with E-state index in [9.17, 15) is 10.5 Å². The maximum absolute atomic E-state index is 10.3. The molecule has 3 aliphatic rings. The number of nitriles is 2. The molecule has 2 heterocycles. The van der Waals surface area contributed by atoms with Gasteiger partial charge in [0.25, 0.3) is 5.84 Å². The van der Waals surface area contributed by atoms with Crippen molar-refractivity contribution in [1.29, 1.82) is 10.5 Å². The van der Waals surface area contributed by atoms with Gasteiger partial charge in [-0.2, -0.15) is 10.5 Å². The lowest BCUT2D eigenvalue weighted by molar-refractivity contribution is -0.680. The Bertz CT molecular complexity index is 914. The van der Waals surface area contributed by atoms with Crippen molar-refractivity contribution in [2.75, 3.05) is 6.61 Å². The summed E-state index contributed by atoms with van der Waals surface area (Å²) in [5.74, 6) is -1.10. The molecule has 1 aromatic carbocycles. The zero-order valence-corrected chi connectivity index (χ0v) is 16.2. The molecule has 3 N–H and O–H groups in total. The summed E-state index contributed by atoms with van der Waals surface area (Å²) in [5, 5.41) is 20.5. The van der Waals surface area contributed by atoms with Crippen molar-refractivity contribution in [1.82, 2.24) is 0 Å². The van der Waals surface area contributed by atoms with Crippen molar-refractivity contribution in [3.8, 4) is 12.1 Å². The van der Waals surface area contributed by atoms with E-state index in [0.717, 1.165) is 5.56 Å². The summed E-state index contributed by atoms with van der Waals surface area (Å²) in [5.41, 5.74) is 4.13. The van der Waals surface area contributed by atoms with Crippen molar-refractivity contribution >= 4 is 5.84 Å². The monoisotopic (exact) mass is 365 g/mol. The highest BCUT2D eigenvalue weighted by Crippen LogP contribution is 2.85. The molecule has 1 saturated heterocycles. The van der Waals surface area contributed by atoms with Gasteiger partial charge >= 0.3 is 5.91 Å². The molecule has 2 fully saturated rings. The van der Waals surface area contributed by atoms with Crippen LogP contribution in [-0.4, -0.2) is 24.5 Å². The van der Waals surface area contributed by atoms with E-state index in [1.54, 1.807) is 0 Å². The van der Waals surface area contributed by atoms with Crippen molar-refractivity contribution in [2.24, 2.45) is 22.0 Å². The Labute approximate surface area is 159 Å². The Morgan fingerprint density at radius 1 is 1.26 bits per heavy atom. The molecule has 1 aliphatic carbocycles. The highest BCUT2D eigenvalue weighted by atomic mass is 16.8. The first-order valence-corrected chi connectivity index (χ1v) is 9.27. The molecule has 6 heteroatoms. The number of fused-ring (bicyclic) bond motifs is 2. The van der Waals surface area contributed by atoms with Crippen LogP contribution in [0.2, 0.25) is 0 Å². The topological polar surface area (TPSA) is 106 Å². The lowest BCUT2D eigenvalue weighted by Crippen LogP contribution is -2.90. The molecule has 0 amide bonds. The normalized spacial score (nSPS) is 42.3. The Hall–Kier alpha value is -2.41. The molecule has 0 aromatic heterocycles. The Morgan fingerprint density at radius 3 is 2.44 bits per heavy atom. The minimum Gasteiger partial charge on any atom is -0.311 e. The Balaban J connectivity index is 1.83. The van der Waals surface area contributed by atoms with Gasteiger partial charge in [-0.3, -0.25) is 5.73 Å². The van der Waals surface area contributed by atoms with Crippen molar-refractivity contribution < 1.29 is 14.5 Å². The van der Waals surface area contributed by atoms with Crippen LogP contribution in [0.3, 0.4) is 0 Å². The first kappa shape index (κ1) is 18.0. The molecule has 0 unspecified atom stereocenters. The number of amidine groups is 1. The number of benzene rings is 1. The number of hydrogen-bond acceptors (Lipinski definition) is 5. The van der Waals surface area contributed by atoms with Gasteiger partial charge in [0.05, 0.1) is 24.8 Å². The maximum atomic E-state index is 10.3. The summed E-state index contributed by atoms with van der Waals surface area (Å²) in [4.78, 5) is 3.03. The fourth-order valence-electron chi connectivity index (χ4n) is 5.79. The molecule has 2 aliphatic heterocycles. The number of nitrogens with zero attached hydrogens (tertiary/aromatic N) is 2. The largest absolute Gasteiger partial charge is 0.343 e. The number of hydrogen-bond donors (Lipinski definition) is 2. The molecule has 5 atom stereocenters. The van der Waals surface area contributed by atoms with Crippen molar-refractivity contribution in [2.45, 2.75) is 51.5 Å². The standard InChI is InChI=1S/C21H24N4O2/c1-14-10-26-21(27-14)20(13-23)18(4,19(20,12-22)16(24)25-21)11-17(2,3)15-8-6-5-7-9-15/h5-9,14H,10-11H2,1-4H3,(H2,24,25)/p+1/t14-,18-,19-,20+,21-/m0/s1. The van der Waals surface area contributed by atoms with E-state index < -0.39 is 22.2 Å². The van der Waals surface area contributed by atoms with E-state index >= 15 is 0 Å². The van der Waals surface area contributed by atoms with Gasteiger partial charge in [-0.25, -0.2) is 4.99 Å². The summed E-state index contributed by atoms with van der Waals surface area (Å²) in [6, 6.07) is 14.9. The molecule has 140 valence electrons. The number of rotatable bonds is 3. The molecular weight excluding hydrogens is 340 g/mol. The highest BCUT2D eigenvalue weighted by molar-refractivity contribution is 5.94. The fraction of sp³-hybridized carbons (Fsp3) is 0.571. The minimum absolute atomic E-state index is 0.183. The van der Waals surface area contributed by atoms with Crippen LogP contribution in [-0.2, 0) is 14.9 Å². The third-order valence-electron chi connectivity index (χ3n) is 6.93. The molecule has 1 saturated carbocycles. The molecule has 4 rings (SSSR count). The van der Waals surface area contributed by atoms with Crippen LogP contribution in [0.4, 0.5) is 0 Å². The second-order valence-corrected chi connectivity index (χ2v) is 8.88. The zero-order chi connectivity index (χ0) is 19.7.